The van der Waals surface area contributed by atoms with Gasteiger partial charge in [0.05, 0.1) is 42.5 Å². The minimum absolute atomic E-state index is 0.125. The molecule has 0 aliphatic carbocycles. The Balaban J connectivity index is 1.72. The van der Waals surface area contributed by atoms with E-state index in [1.165, 1.54) is 12.5 Å². The molecule has 1 unspecified atom stereocenters. The van der Waals surface area contributed by atoms with Gasteiger partial charge in [-0.3, -0.25) is 14.5 Å². The van der Waals surface area contributed by atoms with Crippen LogP contribution in [0.5, 0.6) is 0 Å². The van der Waals surface area contributed by atoms with Crippen molar-refractivity contribution in [2.45, 2.75) is 31.6 Å². The number of carbonyl (C=O) groups excluding carboxylic acids is 2. The van der Waals surface area contributed by atoms with E-state index >= 15 is 0 Å². The maximum Gasteiger partial charge on any atom is 0.241 e. The van der Waals surface area contributed by atoms with Crippen molar-refractivity contribution in [1.82, 2.24) is 14.9 Å². The van der Waals surface area contributed by atoms with Crippen LogP contribution in [-0.4, -0.2) is 72.2 Å². The molecule has 1 amide bonds. The van der Waals surface area contributed by atoms with Crippen molar-refractivity contribution in [2.24, 2.45) is 0 Å². The zero-order chi connectivity index (χ0) is 28.2. The number of halogens is 2. The highest BCUT2D eigenvalue weighted by Crippen LogP contribution is 2.28. The van der Waals surface area contributed by atoms with E-state index in [0.717, 1.165) is 15.4 Å². The van der Waals surface area contributed by atoms with E-state index < -0.39 is 28.6 Å². The number of hydrogen-bond donors (Lipinski definition) is 1. The number of hydrogen-bond acceptors (Lipinski definition) is 7. The number of imidazole rings is 1. The summed E-state index contributed by atoms with van der Waals surface area (Å²) in [5, 5.41) is 9.15. The molecule has 0 saturated carbocycles. The highest BCUT2D eigenvalue weighted by atomic mass is 127. The Kier molecular flexibility index (Phi) is 9.14. The molecule has 204 valence electrons. The molecule has 0 radical (unpaired) electrons. The zero-order valence-electron chi connectivity index (χ0n) is 21.2. The lowest BCUT2D eigenvalue weighted by Gasteiger charge is -2.44. The number of aromatic nitrogens is 2. The third-order valence-corrected chi connectivity index (χ3v) is 8.29. The van der Waals surface area contributed by atoms with Crippen LogP contribution in [0.15, 0.2) is 55.0 Å². The van der Waals surface area contributed by atoms with Crippen LogP contribution in [0.2, 0.25) is 0 Å². The Bertz CT molecular complexity index is 1490. The lowest BCUT2D eigenvalue weighted by molar-refractivity contribution is -0.123. The van der Waals surface area contributed by atoms with Gasteiger partial charge in [0.2, 0.25) is 5.91 Å². The van der Waals surface area contributed by atoms with Crippen LogP contribution in [0.1, 0.15) is 33.6 Å². The number of anilines is 1. The quantitative estimate of drug-likeness (QED) is 0.261. The van der Waals surface area contributed by atoms with Crippen LogP contribution in [0, 0.1) is 14.9 Å². The molecule has 1 saturated heterocycles. The summed E-state index contributed by atoms with van der Waals surface area (Å²) in [7, 11) is -3.33. The molecule has 2 atom stereocenters. The van der Waals surface area contributed by atoms with E-state index in [-0.39, 0.29) is 49.1 Å². The minimum Gasteiger partial charge on any atom is -0.342 e. The van der Waals surface area contributed by atoms with E-state index in [4.69, 9.17) is 5.26 Å². The summed E-state index contributed by atoms with van der Waals surface area (Å²) < 4.78 is 38.5. The first-order chi connectivity index (χ1) is 18.6. The molecule has 1 aromatic heterocycles. The molecule has 0 spiro atoms. The third kappa shape index (κ3) is 7.28. The highest BCUT2D eigenvalue weighted by Gasteiger charge is 2.40. The topological polar surface area (TPSA) is 127 Å². The molecule has 2 aromatic carbocycles. The number of ketones is 1. The summed E-state index contributed by atoms with van der Waals surface area (Å²) >= 11 is 2.07. The maximum atomic E-state index is 13.7. The first-order valence-corrected chi connectivity index (χ1v) is 15.3. The minimum atomic E-state index is -3.33. The SMILES string of the molecule is CS(=O)(=O)CCC1CN(c2cc(I)cc(CF)c2)C(=O)CN1[C@@H](Cc1ccc(C#N)cc1)C(=O)c1cnc[nH]1. The van der Waals surface area contributed by atoms with Gasteiger partial charge in [0.25, 0.3) is 0 Å². The van der Waals surface area contributed by atoms with Crippen molar-refractivity contribution in [2.75, 3.05) is 30.0 Å². The number of Topliss-reactive ketones (excluding diaryl/α,β-unsaturated/α-hetero) is 1. The molecular formula is C27H27FIN5O4S. The Morgan fingerprint density at radius 2 is 2.00 bits per heavy atom. The van der Waals surface area contributed by atoms with Gasteiger partial charge in [0.15, 0.2) is 5.78 Å². The normalized spacial score (nSPS) is 17.1. The summed E-state index contributed by atoms with van der Waals surface area (Å²) in [4.78, 5) is 37.3. The molecule has 4 rings (SSSR count). The summed E-state index contributed by atoms with van der Waals surface area (Å²) in [5.74, 6) is -0.684. The van der Waals surface area contributed by atoms with Crippen molar-refractivity contribution < 1.29 is 22.4 Å². The van der Waals surface area contributed by atoms with Crippen LogP contribution < -0.4 is 4.90 Å². The molecule has 12 heteroatoms. The molecule has 1 fully saturated rings. The van der Waals surface area contributed by atoms with Crippen LogP contribution in [0.25, 0.3) is 0 Å². The van der Waals surface area contributed by atoms with E-state index in [1.54, 1.807) is 52.3 Å². The molecule has 3 aromatic rings. The number of nitriles is 1. The number of amides is 1. The number of piperazine rings is 1. The zero-order valence-corrected chi connectivity index (χ0v) is 24.2. The summed E-state index contributed by atoms with van der Waals surface area (Å²) in [6.45, 7) is -0.674. The van der Waals surface area contributed by atoms with Crippen LogP contribution in [0.4, 0.5) is 10.1 Å². The van der Waals surface area contributed by atoms with Crippen LogP contribution in [0.3, 0.4) is 0 Å². The predicted molar refractivity (Wildman–Crippen MR) is 153 cm³/mol. The van der Waals surface area contributed by atoms with Crippen molar-refractivity contribution in [3.05, 3.63) is 80.9 Å². The molecule has 1 aliphatic heterocycles. The summed E-state index contributed by atoms with van der Waals surface area (Å²) in [5.41, 5.74) is 2.51. The fraction of sp³-hybridized carbons (Fsp3) is 0.333. The van der Waals surface area contributed by atoms with Gasteiger partial charge in [-0.2, -0.15) is 5.26 Å². The second kappa shape index (κ2) is 12.4. The highest BCUT2D eigenvalue weighted by molar-refractivity contribution is 14.1. The van der Waals surface area contributed by atoms with Gasteiger partial charge in [-0.05, 0) is 76.9 Å². The van der Waals surface area contributed by atoms with E-state index in [9.17, 15) is 22.4 Å². The lowest BCUT2D eigenvalue weighted by Crippen LogP contribution is -2.61. The number of H-pyrrole nitrogens is 1. The monoisotopic (exact) mass is 663 g/mol. The molecule has 1 aliphatic rings. The molecule has 39 heavy (non-hydrogen) atoms. The largest absolute Gasteiger partial charge is 0.342 e. The fourth-order valence-corrected chi connectivity index (χ4v) is 6.16. The van der Waals surface area contributed by atoms with Crippen LogP contribution in [-0.2, 0) is 27.7 Å². The van der Waals surface area contributed by atoms with Crippen LogP contribution >= 0.6 is 22.6 Å². The number of benzene rings is 2. The van der Waals surface area contributed by atoms with Gasteiger partial charge in [-0.15, -0.1) is 0 Å². The number of nitrogens with one attached hydrogen (secondary N) is 1. The molecule has 9 nitrogen and oxygen atoms in total. The number of carbonyl (C=O) groups is 2. The average molecular weight is 664 g/mol. The third-order valence-electron chi connectivity index (χ3n) is 6.69. The smallest absolute Gasteiger partial charge is 0.241 e. The first-order valence-electron chi connectivity index (χ1n) is 12.2. The number of sulfone groups is 1. The van der Waals surface area contributed by atoms with Crippen molar-refractivity contribution in [3.8, 4) is 6.07 Å². The van der Waals surface area contributed by atoms with Gasteiger partial charge in [0, 0.05) is 28.1 Å². The van der Waals surface area contributed by atoms with E-state index in [2.05, 4.69) is 38.6 Å². The van der Waals surface area contributed by atoms with E-state index in [1.807, 2.05) is 0 Å². The average Bonchev–Trinajstić information content (AvgIpc) is 3.45. The second-order valence-electron chi connectivity index (χ2n) is 9.56. The van der Waals surface area contributed by atoms with Gasteiger partial charge >= 0.3 is 0 Å². The van der Waals surface area contributed by atoms with Crippen molar-refractivity contribution in [1.29, 1.82) is 5.26 Å². The number of nitrogens with zero attached hydrogens (tertiary/aromatic N) is 4. The molecule has 2 heterocycles. The van der Waals surface area contributed by atoms with Crippen molar-refractivity contribution >= 4 is 49.8 Å². The summed E-state index contributed by atoms with van der Waals surface area (Å²) in [6, 6.07) is 12.8. The predicted octanol–water partition coefficient (Wildman–Crippen LogP) is 3.30. The Morgan fingerprint density at radius 1 is 1.26 bits per heavy atom. The lowest BCUT2D eigenvalue weighted by atomic mass is 9.95. The number of alkyl halides is 1. The standard InChI is InChI=1S/C27H27FIN5O4S/c1-39(37,38)7-6-22-15-34(23-9-20(12-28)8-21(29)11-23)26(35)16-33(22)25(27(36)24-14-31-17-32-24)10-18-2-4-19(13-30)5-3-18/h2-5,8-9,11,14,17,22,25H,6-7,10,12,15-16H2,1H3,(H,31,32)/t22?,25-/m0/s1. The van der Waals surface area contributed by atoms with Gasteiger partial charge in [-0.25, -0.2) is 17.8 Å². The number of rotatable bonds is 10. The molecule has 1 N–H and O–H groups in total. The molecular weight excluding hydrogens is 636 g/mol. The Labute approximate surface area is 240 Å². The number of aromatic amines is 1. The fourth-order valence-electron chi connectivity index (χ4n) is 4.75. The first kappa shape index (κ1) is 28.8. The van der Waals surface area contributed by atoms with Gasteiger partial charge < -0.3 is 9.88 Å². The maximum absolute atomic E-state index is 13.7. The summed E-state index contributed by atoms with van der Waals surface area (Å²) in [6.07, 6.45) is 4.40. The second-order valence-corrected chi connectivity index (χ2v) is 13.1. The Morgan fingerprint density at radius 3 is 2.62 bits per heavy atom. The van der Waals surface area contributed by atoms with E-state index in [0.29, 0.717) is 16.8 Å². The molecule has 0 bridgehead atoms. The Hall–Kier alpha value is -3.15. The van der Waals surface area contributed by atoms with Gasteiger partial charge in [0.1, 0.15) is 22.2 Å². The van der Waals surface area contributed by atoms with Crippen molar-refractivity contribution in [3.63, 3.8) is 0 Å². The van der Waals surface area contributed by atoms with Gasteiger partial charge in [-0.1, -0.05) is 12.1 Å².